The standard InChI is InChI=1S/C21H31F2N3O4S/c1-20(2)8-9-21(15-26(20)31(3,28)29)10-12-25(13-11-21)14-18(27)24-16-4-6-17(7-5-16)30-19(22)23/h4-7,19H,8-15H2,1-3H3,(H,24,27). The summed E-state index contributed by atoms with van der Waals surface area (Å²) >= 11 is 0. The van der Waals surface area contributed by atoms with Crippen molar-refractivity contribution in [3.05, 3.63) is 24.3 Å². The van der Waals surface area contributed by atoms with Gasteiger partial charge in [-0.3, -0.25) is 9.69 Å². The van der Waals surface area contributed by atoms with E-state index >= 15 is 0 Å². The molecule has 1 N–H and O–H groups in total. The van der Waals surface area contributed by atoms with Crippen LogP contribution in [0.1, 0.15) is 39.5 Å². The molecule has 10 heteroatoms. The third-order valence-corrected chi connectivity index (χ3v) is 7.89. The number of nitrogens with one attached hydrogen (secondary N) is 1. The maximum Gasteiger partial charge on any atom is 0.387 e. The predicted octanol–water partition coefficient (Wildman–Crippen LogP) is 3.14. The number of carbonyl (C=O) groups is 1. The number of alkyl halides is 2. The van der Waals surface area contributed by atoms with E-state index in [-0.39, 0.29) is 29.2 Å². The van der Waals surface area contributed by atoms with Gasteiger partial charge >= 0.3 is 6.61 Å². The summed E-state index contributed by atoms with van der Waals surface area (Å²) in [5, 5.41) is 2.77. The van der Waals surface area contributed by atoms with Crippen molar-refractivity contribution in [2.45, 2.75) is 51.7 Å². The van der Waals surface area contributed by atoms with Gasteiger partial charge < -0.3 is 10.1 Å². The fourth-order valence-corrected chi connectivity index (χ4v) is 6.07. The Hall–Kier alpha value is -1.78. The molecule has 1 spiro atoms. The molecule has 31 heavy (non-hydrogen) atoms. The smallest absolute Gasteiger partial charge is 0.387 e. The molecule has 0 bridgehead atoms. The van der Waals surface area contributed by atoms with Crippen LogP contribution < -0.4 is 10.1 Å². The highest BCUT2D eigenvalue weighted by Crippen LogP contribution is 2.45. The summed E-state index contributed by atoms with van der Waals surface area (Å²) in [7, 11) is -3.28. The summed E-state index contributed by atoms with van der Waals surface area (Å²) < 4.78 is 55.0. The van der Waals surface area contributed by atoms with E-state index in [2.05, 4.69) is 15.0 Å². The SMILES string of the molecule is CC1(C)CCC2(CCN(CC(=O)Nc3ccc(OC(F)F)cc3)CC2)CN1S(C)(=O)=O. The predicted molar refractivity (Wildman–Crippen MR) is 115 cm³/mol. The average molecular weight is 460 g/mol. The molecule has 7 nitrogen and oxygen atoms in total. The van der Waals surface area contributed by atoms with Crippen molar-refractivity contribution in [1.82, 2.24) is 9.21 Å². The monoisotopic (exact) mass is 459 g/mol. The molecule has 1 aromatic rings. The number of ether oxygens (including phenoxy) is 1. The molecular weight excluding hydrogens is 428 g/mol. The van der Waals surface area contributed by atoms with Crippen LogP contribution in [0.2, 0.25) is 0 Å². The first-order chi connectivity index (χ1) is 14.4. The second-order valence-electron chi connectivity index (χ2n) is 9.31. The van der Waals surface area contributed by atoms with Crippen molar-refractivity contribution in [3.63, 3.8) is 0 Å². The lowest BCUT2D eigenvalue weighted by atomic mass is 9.69. The number of halogens is 2. The van der Waals surface area contributed by atoms with Gasteiger partial charge in [0.05, 0.1) is 12.8 Å². The van der Waals surface area contributed by atoms with Gasteiger partial charge in [-0.1, -0.05) is 0 Å². The first kappa shape index (κ1) is 23.9. The van der Waals surface area contributed by atoms with Crippen molar-refractivity contribution < 1.29 is 26.7 Å². The number of carbonyl (C=O) groups excluding carboxylic acids is 1. The molecule has 0 unspecified atom stereocenters. The van der Waals surface area contributed by atoms with E-state index in [0.29, 0.717) is 12.2 Å². The Morgan fingerprint density at radius 3 is 2.29 bits per heavy atom. The quantitative estimate of drug-likeness (QED) is 0.707. The van der Waals surface area contributed by atoms with Crippen molar-refractivity contribution in [2.75, 3.05) is 37.8 Å². The van der Waals surface area contributed by atoms with E-state index in [0.717, 1.165) is 38.8 Å². The maximum absolute atomic E-state index is 12.4. The van der Waals surface area contributed by atoms with Crippen LogP contribution in [0.15, 0.2) is 24.3 Å². The van der Waals surface area contributed by atoms with Crippen LogP contribution >= 0.6 is 0 Å². The van der Waals surface area contributed by atoms with E-state index in [4.69, 9.17) is 0 Å². The molecular formula is C21H31F2N3O4S. The van der Waals surface area contributed by atoms with Gasteiger partial charge in [-0.2, -0.15) is 13.1 Å². The second-order valence-corrected chi connectivity index (χ2v) is 11.2. The summed E-state index contributed by atoms with van der Waals surface area (Å²) in [6.45, 7) is 3.29. The lowest BCUT2D eigenvalue weighted by Crippen LogP contribution is -2.58. The number of amides is 1. The van der Waals surface area contributed by atoms with Crippen LogP contribution in [0, 0.1) is 5.41 Å². The number of piperidine rings is 2. The molecule has 1 amide bonds. The van der Waals surface area contributed by atoms with Crippen LogP contribution in [-0.4, -0.2) is 68.1 Å². The minimum absolute atomic E-state index is 0.0353. The van der Waals surface area contributed by atoms with E-state index in [9.17, 15) is 22.0 Å². The molecule has 0 aromatic heterocycles. The van der Waals surface area contributed by atoms with E-state index < -0.39 is 16.6 Å². The maximum atomic E-state index is 12.4. The van der Waals surface area contributed by atoms with Gasteiger partial charge in [0.1, 0.15) is 5.75 Å². The van der Waals surface area contributed by atoms with E-state index in [1.54, 1.807) is 4.31 Å². The molecule has 3 rings (SSSR count). The summed E-state index contributed by atoms with van der Waals surface area (Å²) in [4.78, 5) is 14.5. The number of rotatable bonds is 6. The molecule has 1 aromatic carbocycles. The summed E-state index contributed by atoms with van der Waals surface area (Å²) in [5.74, 6) is -0.144. The van der Waals surface area contributed by atoms with Crippen LogP contribution in [-0.2, 0) is 14.8 Å². The number of nitrogens with zero attached hydrogens (tertiary/aromatic N) is 2. The summed E-state index contributed by atoms with van der Waals surface area (Å²) in [6, 6.07) is 5.80. The lowest BCUT2D eigenvalue weighted by Gasteiger charge is -2.52. The minimum Gasteiger partial charge on any atom is -0.435 e. The highest BCUT2D eigenvalue weighted by atomic mass is 32.2. The van der Waals surface area contributed by atoms with Gasteiger partial charge in [-0.25, -0.2) is 8.42 Å². The van der Waals surface area contributed by atoms with Crippen LogP contribution in [0.25, 0.3) is 0 Å². The first-order valence-corrected chi connectivity index (χ1v) is 12.3. The summed E-state index contributed by atoms with van der Waals surface area (Å²) in [6.07, 6.45) is 4.79. The normalized spacial score (nSPS) is 21.9. The van der Waals surface area contributed by atoms with Gasteiger partial charge in [0.2, 0.25) is 15.9 Å². The number of hydrogen-bond donors (Lipinski definition) is 1. The Kier molecular flexibility index (Phi) is 6.93. The van der Waals surface area contributed by atoms with Crippen molar-refractivity contribution in [2.24, 2.45) is 5.41 Å². The molecule has 0 radical (unpaired) electrons. The second kappa shape index (κ2) is 8.99. The van der Waals surface area contributed by atoms with Gasteiger partial charge in [-0.15, -0.1) is 0 Å². The number of sulfonamides is 1. The van der Waals surface area contributed by atoms with Gasteiger partial charge in [0.25, 0.3) is 0 Å². The molecule has 2 fully saturated rings. The first-order valence-electron chi connectivity index (χ1n) is 10.4. The Morgan fingerprint density at radius 1 is 1.13 bits per heavy atom. The van der Waals surface area contributed by atoms with Gasteiger partial charge in [0.15, 0.2) is 0 Å². The Labute approximate surface area is 182 Å². The Bertz CT molecular complexity index is 882. The zero-order valence-electron chi connectivity index (χ0n) is 18.2. The number of hydrogen-bond acceptors (Lipinski definition) is 5. The zero-order valence-corrected chi connectivity index (χ0v) is 19.1. The van der Waals surface area contributed by atoms with Crippen LogP contribution in [0.3, 0.4) is 0 Å². The van der Waals surface area contributed by atoms with Gasteiger partial charge in [0, 0.05) is 17.8 Å². The lowest BCUT2D eigenvalue weighted by molar-refractivity contribution is -0.118. The topological polar surface area (TPSA) is 79.0 Å². The molecule has 174 valence electrons. The molecule has 2 saturated heterocycles. The van der Waals surface area contributed by atoms with E-state index in [1.807, 2.05) is 13.8 Å². The Balaban J connectivity index is 1.51. The number of benzene rings is 1. The van der Waals surface area contributed by atoms with Crippen LogP contribution in [0.4, 0.5) is 14.5 Å². The highest BCUT2D eigenvalue weighted by Gasteiger charge is 2.47. The third-order valence-electron chi connectivity index (χ3n) is 6.47. The Morgan fingerprint density at radius 2 is 1.74 bits per heavy atom. The van der Waals surface area contributed by atoms with Crippen molar-refractivity contribution in [1.29, 1.82) is 0 Å². The fraction of sp³-hybridized carbons (Fsp3) is 0.667. The molecule has 0 aliphatic carbocycles. The summed E-state index contributed by atoms with van der Waals surface area (Å²) in [5.41, 5.74) is 0.108. The van der Waals surface area contributed by atoms with E-state index in [1.165, 1.54) is 30.5 Å². The van der Waals surface area contributed by atoms with Crippen LogP contribution in [0.5, 0.6) is 5.75 Å². The van der Waals surface area contributed by atoms with Crippen molar-refractivity contribution >= 4 is 21.6 Å². The molecule has 0 atom stereocenters. The third kappa shape index (κ3) is 6.14. The molecule has 2 aliphatic rings. The van der Waals surface area contributed by atoms with Gasteiger partial charge in [-0.05, 0) is 82.3 Å². The largest absolute Gasteiger partial charge is 0.435 e. The molecule has 2 heterocycles. The minimum atomic E-state index is -3.28. The number of anilines is 1. The zero-order chi connectivity index (χ0) is 22.9. The fourth-order valence-electron chi connectivity index (χ4n) is 4.58. The average Bonchev–Trinajstić information content (AvgIpc) is 2.66. The highest BCUT2D eigenvalue weighted by molar-refractivity contribution is 7.88. The van der Waals surface area contributed by atoms with Crippen molar-refractivity contribution in [3.8, 4) is 5.75 Å². The number of likely N-dealkylation sites (tertiary alicyclic amines) is 1. The molecule has 2 aliphatic heterocycles. The molecule has 0 saturated carbocycles.